The fraction of sp³-hybridized carbons (Fsp3) is 0.400. The standard InChI is InChI=1S/C20H23N7O/c1-2-3-10-27-18-17(24-20(27)26-9-4-5-15(21)12-26)7-11-25(19(18)28)13-16-6-8-22-14-23-16/h6-8,11,14-15H,4-5,9-10,12-13,21H2,1H3. The predicted molar refractivity (Wildman–Crippen MR) is 108 cm³/mol. The third-order valence-electron chi connectivity index (χ3n) is 4.98. The molecular weight excluding hydrogens is 354 g/mol. The zero-order chi connectivity index (χ0) is 19.5. The minimum atomic E-state index is -0.103. The van der Waals surface area contributed by atoms with E-state index in [0.29, 0.717) is 24.1 Å². The Morgan fingerprint density at radius 3 is 3.00 bits per heavy atom. The van der Waals surface area contributed by atoms with Crippen LogP contribution < -0.4 is 16.2 Å². The number of hydrogen-bond acceptors (Lipinski definition) is 6. The monoisotopic (exact) mass is 377 g/mol. The molecule has 3 aromatic rings. The van der Waals surface area contributed by atoms with E-state index in [9.17, 15) is 4.79 Å². The molecule has 0 aromatic carbocycles. The van der Waals surface area contributed by atoms with Gasteiger partial charge in [-0.2, -0.15) is 0 Å². The van der Waals surface area contributed by atoms with Crippen molar-refractivity contribution >= 4 is 17.0 Å². The summed E-state index contributed by atoms with van der Waals surface area (Å²) in [5, 5.41) is 0. The number of nitrogens with zero attached hydrogens (tertiary/aromatic N) is 6. The van der Waals surface area contributed by atoms with Gasteiger partial charge in [0.2, 0.25) is 5.95 Å². The summed E-state index contributed by atoms with van der Waals surface area (Å²) in [5.41, 5.74) is 8.08. The van der Waals surface area contributed by atoms with Gasteiger partial charge in [0, 0.05) is 31.5 Å². The van der Waals surface area contributed by atoms with Crippen LogP contribution in [-0.4, -0.2) is 43.2 Å². The topological polar surface area (TPSA) is 94.9 Å². The highest BCUT2D eigenvalue weighted by Gasteiger charge is 2.24. The second-order valence-corrected chi connectivity index (χ2v) is 6.96. The molecule has 1 fully saturated rings. The molecule has 1 aliphatic heterocycles. The molecule has 0 aliphatic carbocycles. The van der Waals surface area contributed by atoms with Gasteiger partial charge in [0.15, 0.2) is 0 Å². The second kappa shape index (κ2) is 7.82. The van der Waals surface area contributed by atoms with E-state index >= 15 is 0 Å². The van der Waals surface area contributed by atoms with Gasteiger partial charge in [0.25, 0.3) is 5.56 Å². The normalized spacial score (nSPS) is 16.8. The van der Waals surface area contributed by atoms with Crippen LogP contribution >= 0.6 is 0 Å². The first kappa shape index (κ1) is 18.2. The number of aromatic nitrogens is 5. The summed E-state index contributed by atoms with van der Waals surface area (Å²) < 4.78 is 3.57. The first-order valence-electron chi connectivity index (χ1n) is 9.42. The van der Waals surface area contributed by atoms with Crippen molar-refractivity contribution in [1.29, 1.82) is 0 Å². The molecule has 3 aromatic heterocycles. The van der Waals surface area contributed by atoms with Gasteiger partial charge >= 0.3 is 0 Å². The van der Waals surface area contributed by atoms with E-state index < -0.39 is 0 Å². The Balaban J connectivity index is 1.81. The number of pyridine rings is 1. The number of rotatable bonds is 4. The van der Waals surface area contributed by atoms with Crippen molar-refractivity contribution < 1.29 is 0 Å². The summed E-state index contributed by atoms with van der Waals surface area (Å²) in [7, 11) is 0. The van der Waals surface area contributed by atoms with Gasteiger partial charge in [-0.3, -0.25) is 9.36 Å². The van der Waals surface area contributed by atoms with Crippen LogP contribution in [0.25, 0.3) is 11.0 Å². The Morgan fingerprint density at radius 1 is 1.36 bits per heavy atom. The molecule has 1 saturated heterocycles. The van der Waals surface area contributed by atoms with Gasteiger partial charge in [-0.15, -0.1) is 5.92 Å². The molecule has 0 bridgehead atoms. The number of fused-ring (bicyclic) bond motifs is 1. The minimum Gasteiger partial charge on any atom is -0.341 e. The molecule has 4 rings (SSSR count). The fourth-order valence-electron chi connectivity index (χ4n) is 3.62. The van der Waals surface area contributed by atoms with Crippen LogP contribution in [0.4, 0.5) is 5.95 Å². The fourth-order valence-corrected chi connectivity index (χ4v) is 3.62. The Kier molecular flexibility index (Phi) is 5.08. The Bertz CT molecular complexity index is 1090. The third-order valence-corrected chi connectivity index (χ3v) is 4.98. The molecule has 4 heterocycles. The lowest BCUT2D eigenvalue weighted by atomic mass is 10.1. The summed E-state index contributed by atoms with van der Waals surface area (Å²) in [4.78, 5) is 28.3. The number of nitrogens with two attached hydrogens (primary N) is 1. The lowest BCUT2D eigenvalue weighted by Crippen LogP contribution is -2.44. The third kappa shape index (κ3) is 3.49. The maximum absolute atomic E-state index is 13.2. The van der Waals surface area contributed by atoms with E-state index in [4.69, 9.17) is 10.7 Å². The van der Waals surface area contributed by atoms with Gasteiger partial charge in [-0.05, 0) is 31.9 Å². The number of imidazole rings is 1. The van der Waals surface area contributed by atoms with Crippen LogP contribution in [0, 0.1) is 11.8 Å². The SMILES string of the molecule is CC#CCn1c(N2CCCC(N)C2)nc2ccn(Cc3ccncn3)c(=O)c21. The molecule has 8 heteroatoms. The molecule has 1 aliphatic rings. The van der Waals surface area contributed by atoms with Crippen molar-refractivity contribution in [3.63, 3.8) is 0 Å². The average Bonchev–Trinajstić information content (AvgIpc) is 3.08. The van der Waals surface area contributed by atoms with E-state index in [0.717, 1.165) is 37.6 Å². The zero-order valence-corrected chi connectivity index (χ0v) is 15.9. The molecule has 0 radical (unpaired) electrons. The molecular formula is C20H23N7O. The Hall–Kier alpha value is -3.18. The van der Waals surface area contributed by atoms with Gasteiger partial charge in [0.05, 0.1) is 24.3 Å². The lowest BCUT2D eigenvalue weighted by Gasteiger charge is -2.31. The number of piperidine rings is 1. The van der Waals surface area contributed by atoms with Gasteiger partial charge in [-0.25, -0.2) is 15.0 Å². The highest BCUT2D eigenvalue weighted by molar-refractivity contribution is 5.78. The summed E-state index contributed by atoms with van der Waals surface area (Å²) >= 11 is 0. The van der Waals surface area contributed by atoms with Crippen molar-refractivity contribution in [3.8, 4) is 11.8 Å². The Labute approximate surface area is 163 Å². The van der Waals surface area contributed by atoms with E-state index in [-0.39, 0.29) is 11.6 Å². The van der Waals surface area contributed by atoms with Crippen molar-refractivity contribution in [2.75, 3.05) is 18.0 Å². The lowest BCUT2D eigenvalue weighted by molar-refractivity contribution is 0.496. The second-order valence-electron chi connectivity index (χ2n) is 6.96. The van der Waals surface area contributed by atoms with Crippen LogP contribution in [0.1, 0.15) is 25.5 Å². The average molecular weight is 377 g/mol. The van der Waals surface area contributed by atoms with Crippen LogP contribution in [0.5, 0.6) is 0 Å². The number of anilines is 1. The van der Waals surface area contributed by atoms with E-state index in [1.165, 1.54) is 6.33 Å². The molecule has 0 spiro atoms. The predicted octanol–water partition coefficient (Wildman–Crippen LogP) is 0.987. The largest absolute Gasteiger partial charge is 0.341 e. The first-order valence-corrected chi connectivity index (χ1v) is 9.42. The molecule has 0 amide bonds. The highest BCUT2D eigenvalue weighted by Crippen LogP contribution is 2.23. The summed E-state index contributed by atoms with van der Waals surface area (Å²) in [6, 6.07) is 3.80. The van der Waals surface area contributed by atoms with E-state index in [2.05, 4.69) is 26.7 Å². The molecule has 0 saturated carbocycles. The van der Waals surface area contributed by atoms with Crippen LogP contribution in [0.3, 0.4) is 0 Å². The van der Waals surface area contributed by atoms with Crippen molar-refractivity contribution in [2.24, 2.45) is 5.73 Å². The van der Waals surface area contributed by atoms with Crippen LogP contribution in [0.2, 0.25) is 0 Å². The molecule has 1 unspecified atom stereocenters. The maximum atomic E-state index is 13.2. The van der Waals surface area contributed by atoms with Crippen molar-refractivity contribution in [1.82, 2.24) is 24.1 Å². The molecule has 1 atom stereocenters. The summed E-state index contributed by atoms with van der Waals surface area (Å²) in [6.07, 6.45) is 6.95. The smallest absolute Gasteiger partial charge is 0.277 e. The molecule has 8 nitrogen and oxygen atoms in total. The van der Waals surface area contributed by atoms with E-state index in [1.54, 1.807) is 30.0 Å². The van der Waals surface area contributed by atoms with Gasteiger partial charge < -0.3 is 15.2 Å². The summed E-state index contributed by atoms with van der Waals surface area (Å²) in [5.74, 6) is 6.76. The van der Waals surface area contributed by atoms with E-state index in [1.807, 2.05) is 10.6 Å². The highest BCUT2D eigenvalue weighted by atomic mass is 16.1. The zero-order valence-electron chi connectivity index (χ0n) is 15.9. The molecule has 28 heavy (non-hydrogen) atoms. The number of hydrogen-bond donors (Lipinski definition) is 1. The van der Waals surface area contributed by atoms with Crippen molar-refractivity contribution in [2.45, 2.75) is 38.9 Å². The minimum absolute atomic E-state index is 0.103. The molecule has 144 valence electrons. The summed E-state index contributed by atoms with van der Waals surface area (Å²) in [6.45, 7) is 4.21. The van der Waals surface area contributed by atoms with Gasteiger partial charge in [-0.1, -0.05) is 5.92 Å². The maximum Gasteiger partial charge on any atom is 0.277 e. The Morgan fingerprint density at radius 2 is 2.25 bits per heavy atom. The van der Waals surface area contributed by atoms with Gasteiger partial charge in [0.1, 0.15) is 11.8 Å². The quantitative estimate of drug-likeness (QED) is 0.681. The van der Waals surface area contributed by atoms with Crippen molar-refractivity contribution in [3.05, 3.63) is 46.9 Å². The van der Waals surface area contributed by atoms with Crippen LogP contribution in [-0.2, 0) is 13.1 Å². The molecule has 2 N–H and O–H groups in total. The van der Waals surface area contributed by atoms with Crippen LogP contribution in [0.15, 0.2) is 35.6 Å². The first-order chi connectivity index (χ1) is 13.7.